The van der Waals surface area contributed by atoms with Crippen molar-refractivity contribution in [2.75, 3.05) is 37.2 Å². The number of methoxy groups -OCH3 is 1. The lowest BCUT2D eigenvalue weighted by molar-refractivity contribution is -0.117. The van der Waals surface area contributed by atoms with E-state index in [1.807, 2.05) is 41.3 Å². The third kappa shape index (κ3) is 5.31. The summed E-state index contributed by atoms with van der Waals surface area (Å²) in [6.45, 7) is 3.34. The Labute approximate surface area is 211 Å². The van der Waals surface area contributed by atoms with Gasteiger partial charge in [-0.15, -0.1) is 0 Å². The fraction of sp³-hybridized carbons (Fsp3) is 0.333. The van der Waals surface area contributed by atoms with Crippen molar-refractivity contribution < 1.29 is 14.3 Å². The van der Waals surface area contributed by atoms with E-state index in [-0.39, 0.29) is 17.7 Å². The molecule has 188 valence electrons. The normalized spacial score (nSPS) is 14.0. The Kier molecular flexibility index (Phi) is 7.80. The molecule has 9 nitrogen and oxygen atoms in total. The van der Waals surface area contributed by atoms with Crippen LogP contribution in [0.15, 0.2) is 54.9 Å². The molecule has 0 spiro atoms. The van der Waals surface area contributed by atoms with E-state index in [1.165, 1.54) is 6.33 Å². The Bertz CT molecular complexity index is 1230. The van der Waals surface area contributed by atoms with Gasteiger partial charge in [-0.25, -0.2) is 15.8 Å². The lowest BCUT2D eigenvalue weighted by atomic mass is 9.94. The molecule has 1 atom stereocenters. The molecule has 36 heavy (non-hydrogen) atoms. The first-order chi connectivity index (χ1) is 17.4. The van der Waals surface area contributed by atoms with Crippen molar-refractivity contribution in [3.8, 4) is 17.0 Å². The number of amides is 2. The first kappa shape index (κ1) is 25.1. The Morgan fingerprint density at radius 1 is 1.19 bits per heavy atom. The number of hydrazine groups is 1. The maximum absolute atomic E-state index is 12.0. The molecular formula is C27H32N6O3. The topological polar surface area (TPSA) is 114 Å². The maximum atomic E-state index is 12.0. The second kappa shape index (κ2) is 11.2. The second-order valence-corrected chi connectivity index (χ2v) is 8.75. The largest absolute Gasteiger partial charge is 0.496 e. The third-order valence-corrected chi connectivity index (χ3v) is 6.57. The van der Waals surface area contributed by atoms with Gasteiger partial charge in [-0.3, -0.25) is 14.6 Å². The van der Waals surface area contributed by atoms with Gasteiger partial charge in [0, 0.05) is 55.4 Å². The molecule has 2 amide bonds. The van der Waals surface area contributed by atoms with Gasteiger partial charge in [-0.2, -0.15) is 0 Å². The number of ether oxygens (including phenoxy) is 1. The molecule has 1 aliphatic heterocycles. The van der Waals surface area contributed by atoms with Crippen molar-refractivity contribution in [3.63, 3.8) is 0 Å². The van der Waals surface area contributed by atoms with Crippen molar-refractivity contribution in [3.05, 3.63) is 66.0 Å². The molecule has 1 fully saturated rings. The highest BCUT2D eigenvalue weighted by atomic mass is 16.5. The highest BCUT2D eigenvalue weighted by Crippen LogP contribution is 2.32. The minimum absolute atomic E-state index is 0.0550. The van der Waals surface area contributed by atoms with E-state index in [2.05, 4.69) is 22.2 Å². The maximum Gasteiger partial charge on any atom is 0.251 e. The summed E-state index contributed by atoms with van der Waals surface area (Å²) in [6, 6.07) is 15.1. The number of aromatic nitrogens is 2. The van der Waals surface area contributed by atoms with Crippen LogP contribution in [-0.4, -0.2) is 49.0 Å². The van der Waals surface area contributed by atoms with Gasteiger partial charge in [0.05, 0.1) is 12.8 Å². The molecule has 1 aliphatic rings. The van der Waals surface area contributed by atoms with Gasteiger partial charge in [0.25, 0.3) is 5.91 Å². The van der Waals surface area contributed by atoms with Crippen LogP contribution < -0.4 is 25.8 Å². The van der Waals surface area contributed by atoms with Crippen molar-refractivity contribution in [2.45, 2.75) is 32.1 Å². The predicted octanol–water partition coefficient (Wildman–Crippen LogP) is 3.51. The average Bonchev–Trinajstić information content (AvgIpc) is 3.36. The van der Waals surface area contributed by atoms with Gasteiger partial charge in [0.15, 0.2) is 0 Å². The highest BCUT2D eigenvalue weighted by molar-refractivity contribution is 5.95. The minimum Gasteiger partial charge on any atom is -0.496 e. The Morgan fingerprint density at radius 3 is 2.61 bits per heavy atom. The van der Waals surface area contributed by atoms with Crippen LogP contribution in [0.1, 0.15) is 48.0 Å². The minimum atomic E-state index is -0.165. The number of benzene rings is 2. The zero-order valence-electron chi connectivity index (χ0n) is 20.9. The average molecular weight is 489 g/mol. The molecular weight excluding hydrogens is 456 g/mol. The smallest absolute Gasteiger partial charge is 0.251 e. The number of nitrogens with two attached hydrogens (primary N) is 1. The quantitative estimate of drug-likeness (QED) is 0.350. The van der Waals surface area contributed by atoms with Gasteiger partial charge in [0.2, 0.25) is 5.91 Å². The number of carbonyl (C=O) groups excluding carboxylic acids is 2. The fourth-order valence-corrected chi connectivity index (χ4v) is 4.51. The molecule has 0 radical (unpaired) electrons. The van der Waals surface area contributed by atoms with Gasteiger partial charge in [-0.1, -0.05) is 25.1 Å². The fourth-order valence-electron chi connectivity index (χ4n) is 4.51. The zero-order valence-corrected chi connectivity index (χ0v) is 20.9. The van der Waals surface area contributed by atoms with E-state index < -0.39 is 0 Å². The summed E-state index contributed by atoms with van der Waals surface area (Å²) < 4.78 is 5.59. The van der Waals surface area contributed by atoms with Crippen LogP contribution in [0.4, 0.5) is 11.5 Å². The standard InChI is InChI=1S/C27H32N6O3/c1-4-18(22-12-9-20(27(35)29-2)14-24(22)36-3)16-33(28)25-15-23(30-17-31-25)19-7-10-21(11-8-19)32-13-5-6-26(32)34/h7-12,14-15,17-18H,4-6,13,16,28H2,1-3H3,(H,29,35). The number of nitrogens with zero attached hydrogens (tertiary/aromatic N) is 4. The molecule has 1 aromatic heterocycles. The third-order valence-electron chi connectivity index (χ3n) is 6.57. The molecule has 2 aromatic carbocycles. The monoisotopic (exact) mass is 488 g/mol. The van der Waals surface area contributed by atoms with Crippen LogP contribution >= 0.6 is 0 Å². The van der Waals surface area contributed by atoms with E-state index in [4.69, 9.17) is 10.6 Å². The van der Waals surface area contributed by atoms with Crippen molar-refractivity contribution >= 4 is 23.3 Å². The summed E-state index contributed by atoms with van der Waals surface area (Å²) in [5, 5.41) is 4.25. The van der Waals surface area contributed by atoms with Crippen molar-refractivity contribution in [2.24, 2.45) is 5.84 Å². The van der Waals surface area contributed by atoms with Crippen molar-refractivity contribution in [1.82, 2.24) is 15.3 Å². The van der Waals surface area contributed by atoms with E-state index in [9.17, 15) is 9.59 Å². The first-order valence-electron chi connectivity index (χ1n) is 12.1. The van der Waals surface area contributed by atoms with Crippen molar-refractivity contribution in [1.29, 1.82) is 0 Å². The summed E-state index contributed by atoms with van der Waals surface area (Å²) in [7, 11) is 3.20. The molecule has 2 heterocycles. The van der Waals surface area contributed by atoms with Gasteiger partial charge in [-0.05, 0) is 42.7 Å². The number of hydrogen-bond donors (Lipinski definition) is 2. The van der Waals surface area contributed by atoms with Crippen LogP contribution in [0.3, 0.4) is 0 Å². The van der Waals surface area contributed by atoms with E-state index in [0.717, 1.165) is 41.9 Å². The van der Waals surface area contributed by atoms with Gasteiger partial charge >= 0.3 is 0 Å². The lowest BCUT2D eigenvalue weighted by Crippen LogP contribution is -2.35. The number of rotatable bonds is 9. The molecule has 3 aromatic rings. The Balaban J connectivity index is 1.51. The highest BCUT2D eigenvalue weighted by Gasteiger charge is 2.22. The Morgan fingerprint density at radius 2 is 1.97 bits per heavy atom. The summed E-state index contributed by atoms with van der Waals surface area (Å²) in [6.07, 6.45) is 3.82. The van der Waals surface area contributed by atoms with Gasteiger partial charge in [0.1, 0.15) is 17.9 Å². The molecule has 0 bridgehead atoms. The first-order valence-corrected chi connectivity index (χ1v) is 12.1. The summed E-state index contributed by atoms with van der Waals surface area (Å²) in [5.74, 6) is 7.76. The summed E-state index contributed by atoms with van der Waals surface area (Å²) in [4.78, 5) is 34.7. The van der Waals surface area contributed by atoms with E-state index in [1.54, 1.807) is 31.3 Å². The summed E-state index contributed by atoms with van der Waals surface area (Å²) >= 11 is 0. The van der Waals surface area contributed by atoms with Crippen LogP contribution in [0, 0.1) is 0 Å². The van der Waals surface area contributed by atoms with Crippen LogP contribution in [-0.2, 0) is 4.79 Å². The number of hydrogen-bond acceptors (Lipinski definition) is 7. The van der Waals surface area contributed by atoms with Crippen LogP contribution in [0.2, 0.25) is 0 Å². The molecule has 3 N–H and O–H groups in total. The van der Waals surface area contributed by atoms with E-state index in [0.29, 0.717) is 30.1 Å². The molecule has 1 saturated heterocycles. The molecule has 0 aliphatic carbocycles. The molecule has 4 rings (SSSR count). The van der Waals surface area contributed by atoms with E-state index >= 15 is 0 Å². The molecule has 9 heteroatoms. The van der Waals surface area contributed by atoms with Crippen LogP contribution in [0.5, 0.6) is 5.75 Å². The Hall–Kier alpha value is -3.98. The number of anilines is 2. The second-order valence-electron chi connectivity index (χ2n) is 8.75. The lowest BCUT2D eigenvalue weighted by Gasteiger charge is -2.25. The predicted molar refractivity (Wildman–Crippen MR) is 140 cm³/mol. The zero-order chi connectivity index (χ0) is 25.7. The molecule has 1 unspecified atom stereocenters. The van der Waals surface area contributed by atoms with Crippen LogP contribution in [0.25, 0.3) is 11.3 Å². The summed E-state index contributed by atoms with van der Waals surface area (Å²) in [5.41, 5.74) is 4.08. The number of nitrogens with one attached hydrogen (secondary N) is 1. The number of carbonyl (C=O) groups is 2. The molecule has 0 saturated carbocycles. The SMILES string of the molecule is CCC(CN(N)c1cc(-c2ccc(N3CCCC3=O)cc2)ncn1)c1ccc(C(=O)NC)cc1OC. The van der Waals surface area contributed by atoms with Gasteiger partial charge < -0.3 is 15.0 Å².